The molecular formula is C17H18N2O5. The van der Waals surface area contributed by atoms with Crippen LogP contribution >= 0.6 is 0 Å². The second-order valence-corrected chi connectivity index (χ2v) is 5.22. The van der Waals surface area contributed by atoms with Gasteiger partial charge in [-0.15, -0.1) is 4.79 Å². The maximum absolute atomic E-state index is 11.9. The fraction of sp³-hybridized carbons (Fsp3) is 0.353. The summed E-state index contributed by atoms with van der Waals surface area (Å²) >= 11 is 0. The van der Waals surface area contributed by atoms with E-state index in [1.807, 2.05) is 42.5 Å². The molecular weight excluding hydrogens is 312 g/mol. The van der Waals surface area contributed by atoms with E-state index >= 15 is 0 Å². The molecule has 1 heterocycles. The Kier molecular flexibility index (Phi) is 6.42. The molecule has 1 aliphatic rings. The molecule has 0 spiro atoms. The standard InChI is InChI=1S/C17H18N2O5/c1-22-17(21)16(19-18)23-11-15-10-13(20)9-14(24-15)8-7-12-5-3-2-4-6-12/h2-8,14-15H,9-11H2,1H3/b8-7+/t14-,15+/m0/s1. The van der Waals surface area contributed by atoms with Crippen molar-refractivity contribution in [3.8, 4) is 0 Å². The second kappa shape index (κ2) is 8.76. The second-order valence-electron chi connectivity index (χ2n) is 5.22. The molecule has 126 valence electrons. The SMILES string of the molecule is COC(=O)C(=[N+]=[N-])OC[C@H]1CC(=O)C[C@H](/C=C/c2ccccc2)O1. The molecule has 0 aromatic heterocycles. The van der Waals surface area contributed by atoms with Crippen molar-refractivity contribution in [3.05, 3.63) is 47.5 Å². The summed E-state index contributed by atoms with van der Waals surface area (Å²) in [6, 6.07) is 9.66. The maximum atomic E-state index is 11.9. The van der Waals surface area contributed by atoms with Crippen LogP contribution in [0.1, 0.15) is 18.4 Å². The van der Waals surface area contributed by atoms with Gasteiger partial charge in [-0.3, -0.25) is 4.79 Å². The summed E-state index contributed by atoms with van der Waals surface area (Å²) in [4.78, 5) is 25.8. The molecule has 7 nitrogen and oxygen atoms in total. The van der Waals surface area contributed by atoms with Gasteiger partial charge in [-0.1, -0.05) is 42.5 Å². The Morgan fingerprint density at radius 3 is 2.79 bits per heavy atom. The Hall–Kier alpha value is -2.76. The van der Waals surface area contributed by atoms with E-state index in [2.05, 4.69) is 9.53 Å². The third kappa shape index (κ3) is 5.15. The van der Waals surface area contributed by atoms with Gasteiger partial charge in [-0.25, -0.2) is 4.79 Å². The molecule has 2 atom stereocenters. The van der Waals surface area contributed by atoms with Crippen molar-refractivity contribution < 1.29 is 28.6 Å². The Morgan fingerprint density at radius 1 is 1.38 bits per heavy atom. The number of methoxy groups -OCH3 is 1. The van der Waals surface area contributed by atoms with Gasteiger partial charge in [0.15, 0.2) is 0 Å². The van der Waals surface area contributed by atoms with E-state index in [9.17, 15) is 9.59 Å². The Bertz CT molecular complexity index is 665. The van der Waals surface area contributed by atoms with Gasteiger partial charge >= 0.3 is 11.9 Å². The largest absolute Gasteiger partial charge is 0.561 e. The van der Waals surface area contributed by atoms with Crippen LogP contribution in [0.2, 0.25) is 0 Å². The van der Waals surface area contributed by atoms with Crippen molar-refractivity contribution in [1.29, 1.82) is 0 Å². The van der Waals surface area contributed by atoms with Crippen molar-refractivity contribution in [3.63, 3.8) is 0 Å². The average molecular weight is 330 g/mol. The molecule has 1 aromatic rings. The monoisotopic (exact) mass is 330 g/mol. The summed E-state index contributed by atoms with van der Waals surface area (Å²) < 4.78 is 15.2. The lowest BCUT2D eigenvalue weighted by Crippen LogP contribution is -2.36. The minimum atomic E-state index is -0.903. The molecule has 1 aromatic carbocycles. The number of hydrogen-bond acceptors (Lipinski definition) is 5. The number of benzene rings is 1. The number of Topliss-reactive ketones (excluding diaryl/α,β-unsaturated/α-hetero) is 1. The molecule has 1 saturated heterocycles. The summed E-state index contributed by atoms with van der Waals surface area (Å²) in [6.07, 6.45) is 3.27. The van der Waals surface area contributed by atoms with Gasteiger partial charge < -0.3 is 19.7 Å². The van der Waals surface area contributed by atoms with Crippen LogP contribution in [-0.2, 0) is 23.8 Å². The first-order valence-electron chi connectivity index (χ1n) is 7.46. The zero-order valence-corrected chi connectivity index (χ0v) is 13.3. The predicted octanol–water partition coefficient (Wildman–Crippen LogP) is 1.63. The summed E-state index contributed by atoms with van der Waals surface area (Å²) in [6.45, 7) is -0.0874. The summed E-state index contributed by atoms with van der Waals surface area (Å²) in [5.41, 5.74) is 9.72. The quantitative estimate of drug-likeness (QED) is 0.275. The molecule has 24 heavy (non-hydrogen) atoms. The van der Waals surface area contributed by atoms with E-state index < -0.39 is 18.0 Å². The summed E-state index contributed by atoms with van der Waals surface area (Å²) in [7, 11) is 1.14. The smallest absolute Gasteiger partial charge is 0.458 e. The molecule has 1 aliphatic heterocycles. The molecule has 0 radical (unpaired) electrons. The molecule has 7 heteroatoms. The van der Waals surface area contributed by atoms with Gasteiger partial charge in [0.25, 0.3) is 0 Å². The molecule has 2 rings (SSSR count). The van der Waals surface area contributed by atoms with Crippen LogP contribution in [0.25, 0.3) is 11.6 Å². The van der Waals surface area contributed by atoms with E-state index in [0.717, 1.165) is 12.7 Å². The molecule has 1 fully saturated rings. The van der Waals surface area contributed by atoms with E-state index in [0.29, 0.717) is 0 Å². The highest BCUT2D eigenvalue weighted by molar-refractivity contribution is 6.29. The van der Waals surface area contributed by atoms with Crippen molar-refractivity contribution in [1.82, 2.24) is 0 Å². The van der Waals surface area contributed by atoms with Crippen LogP contribution in [0.15, 0.2) is 36.4 Å². The molecule has 0 bridgehead atoms. The fourth-order valence-electron chi connectivity index (χ4n) is 2.29. The lowest BCUT2D eigenvalue weighted by atomic mass is 10.0. The minimum absolute atomic E-state index is 0.0399. The third-order valence-corrected chi connectivity index (χ3v) is 3.41. The van der Waals surface area contributed by atoms with Crippen LogP contribution in [-0.4, -0.2) is 48.4 Å². The number of carbonyl (C=O) groups excluding carboxylic acids is 2. The Morgan fingerprint density at radius 2 is 2.12 bits per heavy atom. The number of ether oxygens (including phenoxy) is 3. The van der Waals surface area contributed by atoms with E-state index in [1.165, 1.54) is 0 Å². The Labute approximate surface area is 139 Å². The zero-order valence-electron chi connectivity index (χ0n) is 13.3. The maximum Gasteiger partial charge on any atom is 0.561 e. The van der Waals surface area contributed by atoms with E-state index in [1.54, 1.807) is 0 Å². The first kappa shape index (κ1) is 17.6. The number of hydrogen-bond donors (Lipinski definition) is 0. The van der Waals surface area contributed by atoms with Crippen LogP contribution in [0, 0.1) is 0 Å². The van der Waals surface area contributed by atoms with Crippen LogP contribution in [0.3, 0.4) is 0 Å². The molecule has 0 unspecified atom stereocenters. The van der Waals surface area contributed by atoms with Crippen molar-refractivity contribution >= 4 is 23.7 Å². The number of esters is 1. The highest BCUT2D eigenvalue weighted by atomic mass is 16.6. The van der Waals surface area contributed by atoms with E-state index in [-0.39, 0.29) is 31.3 Å². The number of nitrogens with zero attached hydrogens (tertiary/aromatic N) is 2. The van der Waals surface area contributed by atoms with Crippen LogP contribution in [0.4, 0.5) is 0 Å². The summed E-state index contributed by atoms with van der Waals surface area (Å²) in [5, 5.41) is 0. The van der Waals surface area contributed by atoms with Gasteiger partial charge in [0.2, 0.25) is 0 Å². The van der Waals surface area contributed by atoms with Crippen LogP contribution < -0.4 is 0 Å². The lowest BCUT2D eigenvalue weighted by molar-refractivity contribution is -0.145. The number of carbonyl (C=O) groups is 2. The van der Waals surface area contributed by atoms with Gasteiger partial charge in [-0.2, -0.15) is 0 Å². The van der Waals surface area contributed by atoms with Crippen molar-refractivity contribution in [2.75, 3.05) is 13.7 Å². The van der Waals surface area contributed by atoms with Gasteiger partial charge in [0.1, 0.15) is 12.4 Å². The first-order chi connectivity index (χ1) is 11.6. The molecule has 0 N–H and O–H groups in total. The molecule has 0 amide bonds. The van der Waals surface area contributed by atoms with E-state index in [4.69, 9.17) is 15.0 Å². The minimum Gasteiger partial charge on any atom is -0.458 e. The summed E-state index contributed by atoms with van der Waals surface area (Å²) in [5.74, 6) is -1.44. The Balaban J connectivity index is 1.93. The fourth-order valence-corrected chi connectivity index (χ4v) is 2.29. The van der Waals surface area contributed by atoms with Crippen molar-refractivity contribution in [2.24, 2.45) is 0 Å². The third-order valence-electron chi connectivity index (χ3n) is 3.41. The normalized spacial score (nSPS) is 20.5. The average Bonchev–Trinajstić information content (AvgIpc) is 2.60. The van der Waals surface area contributed by atoms with Crippen LogP contribution in [0.5, 0.6) is 0 Å². The molecule has 0 aliphatic carbocycles. The van der Waals surface area contributed by atoms with Gasteiger partial charge in [-0.05, 0) is 5.56 Å². The molecule has 0 saturated carbocycles. The van der Waals surface area contributed by atoms with Crippen molar-refractivity contribution in [2.45, 2.75) is 25.0 Å². The van der Waals surface area contributed by atoms with Gasteiger partial charge in [0, 0.05) is 12.8 Å². The number of ketones is 1. The predicted molar refractivity (Wildman–Crippen MR) is 85.0 cm³/mol. The topological polar surface area (TPSA) is 98.2 Å². The highest BCUT2D eigenvalue weighted by Crippen LogP contribution is 2.19. The highest BCUT2D eigenvalue weighted by Gasteiger charge is 2.30. The lowest BCUT2D eigenvalue weighted by Gasteiger charge is -2.26. The van der Waals surface area contributed by atoms with Gasteiger partial charge in [0.05, 0.1) is 19.3 Å². The zero-order chi connectivity index (χ0) is 17.4. The first-order valence-corrected chi connectivity index (χ1v) is 7.46. The number of rotatable bonds is 4.